The van der Waals surface area contributed by atoms with E-state index >= 15 is 0 Å². The number of nitrogen functional groups attached to an aromatic ring is 1. The second-order valence-electron chi connectivity index (χ2n) is 4.64. The Morgan fingerprint density at radius 1 is 1.35 bits per heavy atom. The van der Waals surface area contributed by atoms with Crippen LogP contribution in [0.4, 0.5) is 11.4 Å². The third-order valence-electron chi connectivity index (χ3n) is 2.53. The van der Waals surface area contributed by atoms with Gasteiger partial charge in [0.2, 0.25) is 10.0 Å². The van der Waals surface area contributed by atoms with Gasteiger partial charge in [-0.15, -0.1) is 0 Å². The van der Waals surface area contributed by atoms with E-state index in [2.05, 4.69) is 4.72 Å². The quantitative estimate of drug-likeness (QED) is 0.794. The molecule has 0 amide bonds. The normalized spacial score (nSPS) is 11.8. The topological polar surface area (TPSA) is 72.2 Å². The van der Waals surface area contributed by atoms with E-state index in [1.54, 1.807) is 12.1 Å². The van der Waals surface area contributed by atoms with Crippen molar-refractivity contribution in [3.63, 3.8) is 0 Å². The fourth-order valence-corrected chi connectivity index (χ4v) is 2.90. The maximum absolute atomic E-state index is 11.8. The van der Waals surface area contributed by atoms with E-state index in [1.165, 1.54) is 0 Å². The van der Waals surface area contributed by atoms with Crippen molar-refractivity contribution in [3.8, 4) is 0 Å². The van der Waals surface area contributed by atoms with Crippen molar-refractivity contribution in [1.82, 2.24) is 0 Å². The van der Waals surface area contributed by atoms with Crippen LogP contribution in [0.1, 0.15) is 25.8 Å². The number of rotatable bonds is 5. The van der Waals surface area contributed by atoms with Gasteiger partial charge in [-0.2, -0.15) is 0 Å². The summed E-state index contributed by atoms with van der Waals surface area (Å²) in [7, 11) is -3.30. The first-order valence-corrected chi connectivity index (χ1v) is 7.32. The Bertz CT molecular complexity index is 461. The fourth-order valence-electron chi connectivity index (χ4n) is 1.43. The SMILES string of the molecule is Cc1cccc(N)c1NS(=O)(=O)CCC(C)C. The Balaban J connectivity index is 2.83. The molecule has 0 aliphatic carbocycles. The summed E-state index contributed by atoms with van der Waals surface area (Å²) < 4.78 is 26.2. The van der Waals surface area contributed by atoms with Crippen LogP contribution in [0, 0.1) is 12.8 Å². The minimum atomic E-state index is -3.30. The largest absolute Gasteiger partial charge is 0.397 e. The summed E-state index contributed by atoms with van der Waals surface area (Å²) in [6.45, 7) is 5.83. The van der Waals surface area contributed by atoms with Crippen molar-refractivity contribution in [2.75, 3.05) is 16.2 Å². The predicted molar refractivity (Wildman–Crippen MR) is 72.5 cm³/mol. The number of hydrogen-bond acceptors (Lipinski definition) is 3. The monoisotopic (exact) mass is 256 g/mol. The van der Waals surface area contributed by atoms with Gasteiger partial charge in [-0.1, -0.05) is 26.0 Å². The minimum Gasteiger partial charge on any atom is -0.397 e. The predicted octanol–water partition coefficient (Wildman–Crippen LogP) is 2.37. The van der Waals surface area contributed by atoms with Crippen molar-refractivity contribution in [2.45, 2.75) is 27.2 Å². The van der Waals surface area contributed by atoms with Gasteiger partial charge in [0.05, 0.1) is 17.1 Å². The molecule has 0 aromatic heterocycles. The first-order chi connectivity index (χ1) is 7.82. The van der Waals surface area contributed by atoms with Crippen LogP contribution in [0.25, 0.3) is 0 Å². The first-order valence-electron chi connectivity index (χ1n) is 5.67. The van der Waals surface area contributed by atoms with Gasteiger partial charge >= 0.3 is 0 Å². The van der Waals surface area contributed by atoms with E-state index in [1.807, 2.05) is 26.8 Å². The molecule has 96 valence electrons. The number of nitrogens with two attached hydrogens (primary N) is 1. The molecule has 3 N–H and O–H groups in total. The lowest BCUT2D eigenvalue weighted by molar-refractivity contribution is 0.578. The van der Waals surface area contributed by atoms with Crippen LogP contribution < -0.4 is 10.5 Å². The summed E-state index contributed by atoms with van der Waals surface area (Å²) in [4.78, 5) is 0. The van der Waals surface area contributed by atoms with Gasteiger partial charge < -0.3 is 5.73 Å². The van der Waals surface area contributed by atoms with Gasteiger partial charge in [0.25, 0.3) is 0 Å². The molecule has 1 aromatic rings. The van der Waals surface area contributed by atoms with Crippen LogP contribution in [-0.4, -0.2) is 14.2 Å². The maximum atomic E-state index is 11.8. The summed E-state index contributed by atoms with van der Waals surface area (Å²) in [5, 5.41) is 0. The number of anilines is 2. The number of benzene rings is 1. The standard InChI is InChI=1S/C12H20N2O2S/c1-9(2)7-8-17(15,16)14-12-10(3)5-4-6-11(12)13/h4-6,9,14H,7-8,13H2,1-3H3. The zero-order valence-corrected chi connectivity index (χ0v) is 11.3. The Labute approximate surface area is 103 Å². The van der Waals surface area contributed by atoms with Gasteiger partial charge in [-0.05, 0) is 30.9 Å². The molecule has 5 heteroatoms. The van der Waals surface area contributed by atoms with Gasteiger partial charge in [0.15, 0.2) is 0 Å². The Morgan fingerprint density at radius 2 is 2.00 bits per heavy atom. The second-order valence-corrected chi connectivity index (χ2v) is 6.48. The van der Waals surface area contributed by atoms with E-state index in [4.69, 9.17) is 5.73 Å². The first kappa shape index (κ1) is 13.8. The lowest BCUT2D eigenvalue weighted by Crippen LogP contribution is -2.19. The number of nitrogens with one attached hydrogen (secondary N) is 1. The average molecular weight is 256 g/mol. The second kappa shape index (κ2) is 5.40. The molecule has 17 heavy (non-hydrogen) atoms. The van der Waals surface area contributed by atoms with Gasteiger partial charge in [-0.3, -0.25) is 4.72 Å². The summed E-state index contributed by atoms with van der Waals surface area (Å²) in [6.07, 6.45) is 0.640. The summed E-state index contributed by atoms with van der Waals surface area (Å²) in [5.74, 6) is 0.485. The maximum Gasteiger partial charge on any atom is 0.232 e. The third-order valence-corrected chi connectivity index (χ3v) is 3.81. The lowest BCUT2D eigenvalue weighted by Gasteiger charge is -2.13. The molecule has 1 aromatic carbocycles. The van der Waals surface area contributed by atoms with Crippen molar-refractivity contribution in [3.05, 3.63) is 23.8 Å². The summed E-state index contributed by atoms with van der Waals surface area (Å²) >= 11 is 0. The highest BCUT2D eigenvalue weighted by Gasteiger charge is 2.14. The molecule has 0 aliphatic rings. The molecule has 0 spiro atoms. The van der Waals surface area contributed by atoms with Gasteiger partial charge in [0, 0.05) is 0 Å². The van der Waals surface area contributed by atoms with E-state index in [9.17, 15) is 8.42 Å². The van der Waals surface area contributed by atoms with Crippen molar-refractivity contribution in [1.29, 1.82) is 0 Å². The van der Waals surface area contributed by atoms with Crippen molar-refractivity contribution >= 4 is 21.4 Å². The molecule has 1 rings (SSSR count). The van der Waals surface area contributed by atoms with Gasteiger partial charge in [-0.25, -0.2) is 8.42 Å². The highest BCUT2D eigenvalue weighted by molar-refractivity contribution is 7.92. The molecule has 0 radical (unpaired) electrons. The molecule has 4 nitrogen and oxygen atoms in total. The molecular weight excluding hydrogens is 236 g/mol. The van der Waals surface area contributed by atoms with E-state index in [0.717, 1.165) is 5.56 Å². The van der Waals surface area contributed by atoms with Crippen molar-refractivity contribution < 1.29 is 8.42 Å². The highest BCUT2D eigenvalue weighted by atomic mass is 32.2. The van der Waals surface area contributed by atoms with Crippen LogP contribution in [-0.2, 0) is 10.0 Å². The molecular formula is C12H20N2O2S. The number of hydrogen-bond donors (Lipinski definition) is 2. The zero-order chi connectivity index (χ0) is 13.1. The molecule has 0 unspecified atom stereocenters. The average Bonchev–Trinajstić information content (AvgIpc) is 2.21. The minimum absolute atomic E-state index is 0.123. The van der Waals surface area contributed by atoms with Crippen LogP contribution in [0.3, 0.4) is 0 Å². The Kier molecular flexibility index (Phi) is 4.40. The number of para-hydroxylation sites is 1. The molecule has 0 saturated heterocycles. The van der Waals surface area contributed by atoms with Crippen LogP contribution in [0.5, 0.6) is 0 Å². The summed E-state index contributed by atoms with van der Waals surface area (Å²) in [5.41, 5.74) is 7.54. The van der Waals surface area contributed by atoms with Crippen LogP contribution in [0.15, 0.2) is 18.2 Å². The molecule has 0 saturated carbocycles. The summed E-state index contributed by atoms with van der Waals surface area (Å²) in [6, 6.07) is 5.32. The van der Waals surface area contributed by atoms with E-state index in [-0.39, 0.29) is 5.75 Å². The number of sulfonamides is 1. The highest BCUT2D eigenvalue weighted by Crippen LogP contribution is 2.24. The van der Waals surface area contributed by atoms with Crippen LogP contribution in [0.2, 0.25) is 0 Å². The Hall–Kier alpha value is -1.23. The smallest absolute Gasteiger partial charge is 0.232 e. The zero-order valence-electron chi connectivity index (χ0n) is 10.5. The van der Waals surface area contributed by atoms with Crippen molar-refractivity contribution in [2.24, 2.45) is 5.92 Å². The molecule has 0 aliphatic heterocycles. The van der Waals surface area contributed by atoms with Crippen LogP contribution >= 0.6 is 0 Å². The third kappa shape index (κ3) is 4.26. The molecule has 0 bridgehead atoms. The van der Waals surface area contributed by atoms with E-state index in [0.29, 0.717) is 23.7 Å². The fraction of sp³-hybridized carbons (Fsp3) is 0.500. The lowest BCUT2D eigenvalue weighted by atomic mass is 10.2. The van der Waals surface area contributed by atoms with Gasteiger partial charge in [0.1, 0.15) is 0 Å². The molecule has 0 atom stereocenters. The molecule has 0 heterocycles. The number of aryl methyl sites for hydroxylation is 1. The Morgan fingerprint density at radius 3 is 2.53 bits per heavy atom. The van der Waals surface area contributed by atoms with E-state index < -0.39 is 10.0 Å². The molecule has 0 fully saturated rings.